The molecule has 1 aromatic rings. The number of guanidine groups is 1. The van der Waals surface area contributed by atoms with E-state index in [0.717, 1.165) is 11.3 Å². The maximum Gasteiger partial charge on any atom is 0.194 e. The summed E-state index contributed by atoms with van der Waals surface area (Å²) in [6.45, 7) is 7.42. The molecule has 19 heavy (non-hydrogen) atoms. The van der Waals surface area contributed by atoms with Crippen molar-refractivity contribution < 1.29 is 0 Å². The Balaban J connectivity index is 2.40. The zero-order chi connectivity index (χ0) is 14.3. The van der Waals surface area contributed by atoms with E-state index in [4.69, 9.17) is 18.0 Å². The minimum absolute atomic E-state index is 0.337. The fraction of sp³-hybridized carbons (Fsp3) is 0.462. The fourth-order valence-electron chi connectivity index (χ4n) is 1.35. The summed E-state index contributed by atoms with van der Waals surface area (Å²) in [7, 11) is 0. The quantitative estimate of drug-likeness (QED) is 0.440. The van der Waals surface area contributed by atoms with Crippen LogP contribution in [0.25, 0.3) is 0 Å². The molecule has 0 spiro atoms. The van der Waals surface area contributed by atoms with Gasteiger partial charge in [-0.3, -0.25) is 9.98 Å². The molecule has 6 heteroatoms. The van der Waals surface area contributed by atoms with E-state index in [1.807, 2.05) is 19.1 Å². The maximum absolute atomic E-state index is 5.72. The van der Waals surface area contributed by atoms with Crippen LogP contribution >= 0.6 is 12.2 Å². The standard InChI is InChI=1S/C13H21N5S/c1-9(2)7-16-12(14)18-13(19)17-8-11-10(3)5-4-6-15-11/h4-6,9H,7-8H2,1-3H3,(H4,14,16,17,18,19). The molecule has 0 aliphatic rings. The highest BCUT2D eigenvalue weighted by Gasteiger charge is 2.02. The number of aromatic nitrogens is 1. The summed E-state index contributed by atoms with van der Waals surface area (Å²) in [5.41, 5.74) is 7.80. The second kappa shape index (κ2) is 7.68. The van der Waals surface area contributed by atoms with Gasteiger partial charge in [-0.1, -0.05) is 19.9 Å². The molecule has 0 radical (unpaired) electrons. The van der Waals surface area contributed by atoms with Gasteiger partial charge in [0.15, 0.2) is 11.1 Å². The lowest BCUT2D eigenvalue weighted by atomic mass is 10.2. The van der Waals surface area contributed by atoms with E-state index < -0.39 is 0 Å². The molecule has 0 aliphatic carbocycles. The predicted octanol–water partition coefficient (Wildman–Crippen LogP) is 1.32. The van der Waals surface area contributed by atoms with Gasteiger partial charge in [-0.05, 0) is 36.7 Å². The van der Waals surface area contributed by atoms with E-state index in [2.05, 4.69) is 34.5 Å². The third-order valence-corrected chi connectivity index (χ3v) is 2.65. The lowest BCUT2D eigenvalue weighted by Crippen LogP contribution is -2.43. The Labute approximate surface area is 119 Å². The molecular formula is C13H21N5S. The van der Waals surface area contributed by atoms with E-state index in [0.29, 0.717) is 30.1 Å². The number of nitrogens with one attached hydrogen (secondary N) is 2. The van der Waals surface area contributed by atoms with Crippen LogP contribution in [-0.4, -0.2) is 22.6 Å². The highest BCUT2D eigenvalue weighted by atomic mass is 32.1. The predicted molar refractivity (Wildman–Crippen MR) is 82.9 cm³/mol. The smallest absolute Gasteiger partial charge is 0.194 e. The summed E-state index contributed by atoms with van der Waals surface area (Å²) in [5.74, 6) is 0.807. The maximum atomic E-state index is 5.72. The summed E-state index contributed by atoms with van der Waals surface area (Å²) in [6.07, 6.45) is 1.76. The summed E-state index contributed by atoms with van der Waals surface area (Å²) >= 11 is 5.14. The van der Waals surface area contributed by atoms with Crippen molar-refractivity contribution in [1.82, 2.24) is 15.6 Å². The Kier molecular flexibility index (Phi) is 6.21. The molecule has 0 fully saturated rings. The Morgan fingerprint density at radius 3 is 2.89 bits per heavy atom. The largest absolute Gasteiger partial charge is 0.370 e. The average molecular weight is 279 g/mol. The van der Waals surface area contributed by atoms with Crippen molar-refractivity contribution in [1.29, 1.82) is 0 Å². The molecule has 5 nitrogen and oxygen atoms in total. The number of nitrogens with zero attached hydrogens (tertiary/aromatic N) is 2. The second-order valence-corrected chi connectivity index (χ2v) is 5.10. The topological polar surface area (TPSA) is 75.3 Å². The first kappa shape index (κ1) is 15.4. The van der Waals surface area contributed by atoms with Gasteiger partial charge in [0.1, 0.15) is 0 Å². The van der Waals surface area contributed by atoms with Crippen LogP contribution in [0.3, 0.4) is 0 Å². The Morgan fingerprint density at radius 1 is 1.53 bits per heavy atom. The summed E-state index contributed by atoms with van der Waals surface area (Å²) in [5, 5.41) is 6.35. The van der Waals surface area contributed by atoms with Crippen molar-refractivity contribution in [2.75, 3.05) is 6.54 Å². The molecule has 104 valence electrons. The number of rotatable bonds is 4. The molecule has 0 amide bonds. The molecule has 0 aromatic carbocycles. The van der Waals surface area contributed by atoms with E-state index in [9.17, 15) is 0 Å². The molecule has 1 aromatic heterocycles. The van der Waals surface area contributed by atoms with Gasteiger partial charge in [-0.25, -0.2) is 0 Å². The van der Waals surface area contributed by atoms with Crippen LogP contribution in [0.2, 0.25) is 0 Å². The number of hydrogen-bond acceptors (Lipinski definition) is 3. The third-order valence-electron chi connectivity index (χ3n) is 2.40. The number of pyridine rings is 1. The van der Waals surface area contributed by atoms with Gasteiger partial charge in [-0.15, -0.1) is 0 Å². The normalized spacial score (nSPS) is 11.5. The van der Waals surface area contributed by atoms with Crippen molar-refractivity contribution in [2.45, 2.75) is 27.3 Å². The van der Waals surface area contributed by atoms with Gasteiger partial charge in [-0.2, -0.15) is 0 Å². The first-order chi connectivity index (χ1) is 8.99. The van der Waals surface area contributed by atoms with E-state index >= 15 is 0 Å². The number of hydrogen-bond donors (Lipinski definition) is 3. The van der Waals surface area contributed by atoms with Crippen LogP contribution in [0, 0.1) is 12.8 Å². The molecule has 1 heterocycles. The van der Waals surface area contributed by atoms with Gasteiger partial charge < -0.3 is 16.4 Å². The van der Waals surface area contributed by atoms with Crippen LogP contribution in [0.5, 0.6) is 0 Å². The number of aliphatic imine (C=N–C) groups is 1. The number of thiocarbonyl (C=S) groups is 1. The van der Waals surface area contributed by atoms with Gasteiger partial charge in [0, 0.05) is 12.7 Å². The molecule has 0 atom stereocenters. The zero-order valence-electron chi connectivity index (χ0n) is 11.6. The van der Waals surface area contributed by atoms with Gasteiger partial charge in [0.25, 0.3) is 0 Å². The summed E-state index contributed by atoms with van der Waals surface area (Å²) in [4.78, 5) is 8.45. The number of nitrogens with two attached hydrogens (primary N) is 1. The number of aryl methyl sites for hydroxylation is 1. The van der Waals surface area contributed by atoms with Crippen LogP contribution in [0.1, 0.15) is 25.1 Å². The van der Waals surface area contributed by atoms with Crippen molar-refractivity contribution in [3.05, 3.63) is 29.6 Å². The average Bonchev–Trinajstić information content (AvgIpc) is 2.35. The van der Waals surface area contributed by atoms with Gasteiger partial charge in [0.05, 0.1) is 12.2 Å². The molecule has 0 aliphatic heterocycles. The van der Waals surface area contributed by atoms with Crippen LogP contribution in [0.15, 0.2) is 23.3 Å². The molecule has 4 N–H and O–H groups in total. The Hall–Kier alpha value is -1.69. The van der Waals surface area contributed by atoms with E-state index in [1.165, 1.54) is 0 Å². The van der Waals surface area contributed by atoms with Crippen LogP contribution in [0.4, 0.5) is 0 Å². The lowest BCUT2D eigenvalue weighted by Gasteiger charge is -2.11. The monoisotopic (exact) mass is 279 g/mol. The first-order valence-electron chi connectivity index (χ1n) is 6.24. The van der Waals surface area contributed by atoms with Crippen molar-refractivity contribution in [3.8, 4) is 0 Å². The van der Waals surface area contributed by atoms with Crippen molar-refractivity contribution in [2.24, 2.45) is 16.6 Å². The lowest BCUT2D eigenvalue weighted by molar-refractivity contribution is 0.663. The third kappa shape index (κ3) is 6.15. The van der Waals surface area contributed by atoms with Gasteiger partial charge >= 0.3 is 0 Å². The molecule has 0 saturated heterocycles. The fourth-order valence-corrected chi connectivity index (χ4v) is 1.53. The molecule has 0 unspecified atom stereocenters. The Morgan fingerprint density at radius 2 is 2.26 bits per heavy atom. The van der Waals surface area contributed by atoms with Crippen molar-refractivity contribution >= 4 is 23.3 Å². The van der Waals surface area contributed by atoms with Crippen LogP contribution < -0.4 is 16.4 Å². The summed E-state index contributed by atoms with van der Waals surface area (Å²) < 4.78 is 0. The molecule has 0 saturated carbocycles. The van der Waals surface area contributed by atoms with Gasteiger partial charge in [0.2, 0.25) is 0 Å². The molecule has 0 bridgehead atoms. The Bertz CT molecular complexity index is 456. The first-order valence-corrected chi connectivity index (χ1v) is 6.65. The highest BCUT2D eigenvalue weighted by molar-refractivity contribution is 7.80. The summed E-state index contributed by atoms with van der Waals surface area (Å²) in [6, 6.07) is 3.92. The van der Waals surface area contributed by atoms with Crippen molar-refractivity contribution in [3.63, 3.8) is 0 Å². The highest BCUT2D eigenvalue weighted by Crippen LogP contribution is 2.01. The minimum atomic E-state index is 0.337. The zero-order valence-corrected chi connectivity index (χ0v) is 12.4. The molecule has 1 rings (SSSR count). The second-order valence-electron chi connectivity index (χ2n) is 4.69. The SMILES string of the molecule is Cc1cccnc1CNC(=S)NC(N)=NCC(C)C. The minimum Gasteiger partial charge on any atom is -0.370 e. The van der Waals surface area contributed by atoms with E-state index in [1.54, 1.807) is 6.20 Å². The molecular weight excluding hydrogens is 258 g/mol. The van der Waals surface area contributed by atoms with Crippen LogP contribution in [-0.2, 0) is 6.54 Å². The van der Waals surface area contributed by atoms with E-state index in [-0.39, 0.29) is 0 Å².